The minimum atomic E-state index is 0.00451. The largest absolute Gasteiger partial charge is 0.355 e. The first-order valence-electron chi connectivity index (χ1n) is 12.5. The van der Waals surface area contributed by atoms with E-state index in [-0.39, 0.29) is 17.7 Å². The number of hydrogen-bond acceptors (Lipinski definition) is 4. The minimum Gasteiger partial charge on any atom is -0.355 e. The van der Waals surface area contributed by atoms with Gasteiger partial charge in [-0.3, -0.25) is 19.4 Å². The zero-order valence-corrected chi connectivity index (χ0v) is 19.9. The van der Waals surface area contributed by atoms with Gasteiger partial charge in [0.05, 0.1) is 0 Å². The molecule has 6 nitrogen and oxygen atoms in total. The molecular formula is C28H36N4O2. The van der Waals surface area contributed by atoms with Crippen molar-refractivity contribution in [1.29, 1.82) is 0 Å². The van der Waals surface area contributed by atoms with Crippen LogP contribution in [0.2, 0.25) is 0 Å². The Hall–Kier alpha value is -2.96. The number of piperidine rings is 1. The van der Waals surface area contributed by atoms with Gasteiger partial charge >= 0.3 is 0 Å². The van der Waals surface area contributed by atoms with Crippen LogP contribution in [0.5, 0.6) is 0 Å². The van der Waals surface area contributed by atoms with E-state index < -0.39 is 0 Å². The van der Waals surface area contributed by atoms with Crippen molar-refractivity contribution in [1.82, 2.24) is 20.0 Å². The molecule has 0 aliphatic carbocycles. The SMILES string of the molecule is O=C(NCCN1CCN(Cc2ccccc2)CC1)C1CCN(C(=O)/C=C/c2ccccc2)CC1. The molecule has 2 aromatic rings. The van der Waals surface area contributed by atoms with E-state index in [4.69, 9.17) is 0 Å². The predicted octanol–water partition coefficient (Wildman–Crippen LogP) is 2.87. The van der Waals surface area contributed by atoms with Crippen molar-refractivity contribution >= 4 is 17.9 Å². The second-order valence-electron chi connectivity index (χ2n) is 9.24. The highest BCUT2D eigenvalue weighted by atomic mass is 16.2. The smallest absolute Gasteiger partial charge is 0.246 e. The predicted molar refractivity (Wildman–Crippen MR) is 136 cm³/mol. The van der Waals surface area contributed by atoms with E-state index in [1.165, 1.54) is 5.56 Å². The normalized spacial score (nSPS) is 18.3. The van der Waals surface area contributed by atoms with Gasteiger partial charge in [-0.2, -0.15) is 0 Å². The molecule has 0 spiro atoms. The summed E-state index contributed by atoms with van der Waals surface area (Å²) in [4.78, 5) is 31.8. The summed E-state index contributed by atoms with van der Waals surface area (Å²) < 4.78 is 0. The second kappa shape index (κ2) is 12.5. The summed E-state index contributed by atoms with van der Waals surface area (Å²) in [6.07, 6.45) is 4.95. The molecule has 0 radical (unpaired) electrons. The molecule has 2 aromatic carbocycles. The Balaban J connectivity index is 1.10. The highest BCUT2D eigenvalue weighted by molar-refractivity contribution is 5.92. The molecule has 180 valence electrons. The van der Waals surface area contributed by atoms with Crippen LogP contribution in [0.4, 0.5) is 0 Å². The quantitative estimate of drug-likeness (QED) is 0.616. The first kappa shape index (κ1) is 24.2. The summed E-state index contributed by atoms with van der Waals surface area (Å²) in [5.74, 6) is 0.161. The molecule has 4 rings (SSSR count). The number of piperazine rings is 1. The van der Waals surface area contributed by atoms with Gasteiger partial charge in [-0.15, -0.1) is 0 Å². The lowest BCUT2D eigenvalue weighted by molar-refractivity contribution is -0.132. The maximum atomic E-state index is 12.6. The maximum Gasteiger partial charge on any atom is 0.246 e. The maximum absolute atomic E-state index is 12.6. The van der Waals surface area contributed by atoms with Gasteiger partial charge in [-0.05, 0) is 30.0 Å². The van der Waals surface area contributed by atoms with Crippen molar-refractivity contribution in [3.63, 3.8) is 0 Å². The Morgan fingerprint density at radius 2 is 1.44 bits per heavy atom. The molecule has 34 heavy (non-hydrogen) atoms. The third-order valence-corrected chi connectivity index (χ3v) is 6.84. The number of carbonyl (C=O) groups is 2. The molecule has 0 saturated carbocycles. The first-order valence-corrected chi connectivity index (χ1v) is 12.5. The summed E-state index contributed by atoms with van der Waals surface area (Å²) in [6, 6.07) is 20.5. The third-order valence-electron chi connectivity index (χ3n) is 6.84. The van der Waals surface area contributed by atoms with Gasteiger partial charge in [0.15, 0.2) is 0 Å². The Kier molecular flexibility index (Phi) is 8.88. The van der Waals surface area contributed by atoms with Crippen molar-refractivity contribution in [3.8, 4) is 0 Å². The summed E-state index contributed by atoms with van der Waals surface area (Å²) in [5.41, 5.74) is 2.38. The molecule has 2 aliphatic heterocycles. The number of carbonyl (C=O) groups excluding carboxylic acids is 2. The van der Waals surface area contributed by atoms with Crippen molar-refractivity contribution < 1.29 is 9.59 Å². The second-order valence-corrected chi connectivity index (χ2v) is 9.24. The van der Waals surface area contributed by atoms with Gasteiger partial charge in [-0.1, -0.05) is 60.7 Å². The number of hydrogen-bond donors (Lipinski definition) is 1. The number of nitrogens with zero attached hydrogens (tertiary/aromatic N) is 3. The molecule has 2 saturated heterocycles. The van der Waals surface area contributed by atoms with Crippen LogP contribution in [-0.2, 0) is 16.1 Å². The standard InChI is InChI=1S/C28H36N4O2/c33-27(12-11-24-7-3-1-4-8-24)32-16-13-26(14-17-32)28(34)29-15-18-30-19-21-31(22-20-30)23-25-9-5-2-6-10-25/h1-12,26H,13-23H2,(H,29,34)/b12-11+. The topological polar surface area (TPSA) is 55.9 Å². The van der Waals surface area contributed by atoms with Crippen LogP contribution in [0, 0.1) is 5.92 Å². The van der Waals surface area contributed by atoms with Crippen LogP contribution in [0.25, 0.3) is 6.08 Å². The Labute approximate surface area is 203 Å². The van der Waals surface area contributed by atoms with Crippen molar-refractivity contribution in [2.24, 2.45) is 5.92 Å². The molecule has 2 fully saturated rings. The Morgan fingerprint density at radius 3 is 2.12 bits per heavy atom. The van der Waals surface area contributed by atoms with E-state index >= 15 is 0 Å². The summed E-state index contributed by atoms with van der Waals surface area (Å²) in [6.45, 7) is 8.08. The lowest BCUT2D eigenvalue weighted by atomic mass is 9.96. The fraction of sp³-hybridized carbons (Fsp3) is 0.429. The van der Waals surface area contributed by atoms with Crippen molar-refractivity contribution in [2.45, 2.75) is 19.4 Å². The molecule has 6 heteroatoms. The highest BCUT2D eigenvalue weighted by Crippen LogP contribution is 2.18. The monoisotopic (exact) mass is 460 g/mol. The molecule has 2 amide bonds. The van der Waals surface area contributed by atoms with E-state index in [2.05, 4.69) is 45.4 Å². The summed E-state index contributed by atoms with van der Waals surface area (Å²) in [5, 5.41) is 3.13. The fourth-order valence-electron chi connectivity index (χ4n) is 4.69. The van der Waals surface area contributed by atoms with E-state index in [1.807, 2.05) is 41.3 Å². The molecule has 0 atom stereocenters. The van der Waals surface area contributed by atoms with Crippen LogP contribution in [-0.4, -0.2) is 78.9 Å². The lowest BCUT2D eigenvalue weighted by Gasteiger charge is -2.35. The summed E-state index contributed by atoms with van der Waals surface area (Å²) >= 11 is 0. The zero-order chi connectivity index (χ0) is 23.6. The van der Waals surface area contributed by atoms with E-state index in [1.54, 1.807) is 6.08 Å². The first-order chi connectivity index (χ1) is 16.7. The van der Waals surface area contributed by atoms with Crippen LogP contribution >= 0.6 is 0 Å². The molecule has 0 aromatic heterocycles. The summed E-state index contributed by atoms with van der Waals surface area (Å²) in [7, 11) is 0. The van der Waals surface area contributed by atoms with Gasteiger partial charge in [0.1, 0.15) is 0 Å². The van der Waals surface area contributed by atoms with Gasteiger partial charge in [0.2, 0.25) is 11.8 Å². The van der Waals surface area contributed by atoms with Gasteiger partial charge in [0, 0.05) is 70.9 Å². The number of likely N-dealkylation sites (tertiary alicyclic amines) is 1. The van der Waals surface area contributed by atoms with Crippen LogP contribution in [0.1, 0.15) is 24.0 Å². The third kappa shape index (κ3) is 7.27. The molecule has 0 unspecified atom stereocenters. The van der Waals surface area contributed by atoms with Crippen molar-refractivity contribution in [3.05, 3.63) is 77.9 Å². The molecule has 2 aliphatic rings. The van der Waals surface area contributed by atoms with Crippen LogP contribution in [0.15, 0.2) is 66.7 Å². The van der Waals surface area contributed by atoms with Crippen LogP contribution < -0.4 is 5.32 Å². The van der Waals surface area contributed by atoms with Gasteiger partial charge in [-0.25, -0.2) is 0 Å². The number of nitrogens with one attached hydrogen (secondary N) is 1. The highest BCUT2D eigenvalue weighted by Gasteiger charge is 2.26. The number of benzene rings is 2. The van der Waals surface area contributed by atoms with E-state index in [0.29, 0.717) is 19.6 Å². The van der Waals surface area contributed by atoms with E-state index in [9.17, 15) is 9.59 Å². The lowest BCUT2D eigenvalue weighted by Crippen LogP contribution is -2.48. The average molecular weight is 461 g/mol. The minimum absolute atomic E-state index is 0.00451. The number of rotatable bonds is 8. The molecule has 2 heterocycles. The Morgan fingerprint density at radius 1 is 0.824 bits per heavy atom. The Bertz CT molecular complexity index is 931. The molecule has 0 bridgehead atoms. The van der Waals surface area contributed by atoms with Crippen LogP contribution in [0.3, 0.4) is 0 Å². The van der Waals surface area contributed by atoms with E-state index in [0.717, 1.165) is 57.7 Å². The van der Waals surface area contributed by atoms with Crippen molar-refractivity contribution in [2.75, 3.05) is 52.4 Å². The zero-order valence-electron chi connectivity index (χ0n) is 19.9. The fourth-order valence-corrected chi connectivity index (χ4v) is 4.69. The molecule has 1 N–H and O–H groups in total. The molecular weight excluding hydrogens is 424 g/mol. The van der Waals surface area contributed by atoms with Gasteiger partial charge in [0.25, 0.3) is 0 Å². The number of amides is 2. The average Bonchev–Trinajstić information content (AvgIpc) is 2.89. The van der Waals surface area contributed by atoms with Gasteiger partial charge < -0.3 is 10.2 Å².